The van der Waals surface area contributed by atoms with E-state index in [1.807, 2.05) is 0 Å². The Kier molecular flexibility index (Phi) is 11.4. The van der Waals surface area contributed by atoms with Crippen LogP contribution in [0.5, 0.6) is 0 Å². The topological polar surface area (TPSA) is 189 Å². The number of guanidine groups is 1. The van der Waals surface area contributed by atoms with E-state index in [2.05, 4.69) is 20.6 Å². The van der Waals surface area contributed by atoms with Crippen molar-refractivity contribution in [1.29, 1.82) is 0 Å². The zero-order valence-electron chi connectivity index (χ0n) is 18.3. The van der Waals surface area contributed by atoms with Gasteiger partial charge in [0.05, 0.1) is 17.6 Å². The fourth-order valence-electron chi connectivity index (χ4n) is 3.23. The van der Waals surface area contributed by atoms with Crippen LogP contribution in [0.3, 0.4) is 0 Å². The predicted molar refractivity (Wildman–Crippen MR) is 104 cm³/mol. The molecule has 162 valence electrons. The first kappa shape index (κ1) is 29.0. The van der Waals surface area contributed by atoms with E-state index in [1.54, 1.807) is 18.3 Å². The van der Waals surface area contributed by atoms with Crippen LogP contribution in [0.1, 0.15) is 35.2 Å². The first-order chi connectivity index (χ1) is 14.7. The Labute approximate surface area is 233 Å². The number of aliphatic imine (C=N–C) groups is 2. The Hall–Kier alpha value is -2.02. The van der Waals surface area contributed by atoms with Gasteiger partial charge in [-0.1, -0.05) is 12.1 Å². The molecule has 0 radical (unpaired) electrons. The summed E-state index contributed by atoms with van der Waals surface area (Å²) >= 11 is 0. The Bertz CT molecular complexity index is 1020. The van der Waals surface area contributed by atoms with Crippen molar-refractivity contribution < 1.29 is 88.5 Å². The first-order valence-electron chi connectivity index (χ1n) is 9.46. The normalized spacial score (nSPS) is 17.0. The summed E-state index contributed by atoms with van der Waals surface area (Å²) in [4.78, 5) is 54.2. The van der Waals surface area contributed by atoms with Gasteiger partial charge in [-0.05, 0) is 49.0 Å². The summed E-state index contributed by atoms with van der Waals surface area (Å²) in [5, 5.41) is 26.3. The quantitative estimate of drug-likeness (QED) is 0.298. The molecule has 1 unspecified atom stereocenters. The summed E-state index contributed by atoms with van der Waals surface area (Å²) in [6.07, 6.45) is 1.24. The van der Waals surface area contributed by atoms with Crippen molar-refractivity contribution in [2.75, 3.05) is 0 Å². The molecule has 0 aromatic heterocycles. The number of carboxylic acid groups (broad SMARTS) is 2. The van der Waals surface area contributed by atoms with Crippen LogP contribution in [0, 0.1) is 0 Å². The molecule has 33 heavy (non-hydrogen) atoms. The molecule has 3 rings (SSSR count). The molecule has 2 heterocycles. The van der Waals surface area contributed by atoms with Gasteiger partial charge in [0.1, 0.15) is 0 Å². The molecular formula is C20H19N5Na2O6. The standard InChI is InChI=1S/C20H21N5O6.2Na/c21-20-24-16-15(18(29)25-20)12(9-22-16)6-3-10-1-4-11(5-2-10)17(28)23-13(19(30)31)7-8-14(26)27;;/h1-2,4-5,9,13,16H,3,6-8H2,(H,23,28)(H,26,27)(H,30,31)(H3,21,24,25,29);;/q;2*+1/p-2/t13-,16?;;/m0../s1. The number of hydrogen-bond acceptors (Lipinski definition) is 9. The summed E-state index contributed by atoms with van der Waals surface area (Å²) in [5.74, 6) is -3.94. The molecule has 2 atom stereocenters. The van der Waals surface area contributed by atoms with Crippen molar-refractivity contribution in [2.24, 2.45) is 15.7 Å². The molecule has 1 aromatic carbocycles. The van der Waals surface area contributed by atoms with E-state index in [4.69, 9.17) is 5.73 Å². The number of allylic oxidation sites excluding steroid dienone is 1. The Morgan fingerprint density at radius 3 is 2.39 bits per heavy atom. The average molecular weight is 471 g/mol. The summed E-state index contributed by atoms with van der Waals surface area (Å²) in [7, 11) is 0. The second kappa shape index (κ2) is 13.0. The molecule has 0 saturated carbocycles. The van der Waals surface area contributed by atoms with Crippen LogP contribution in [0.2, 0.25) is 0 Å². The van der Waals surface area contributed by atoms with Crippen LogP contribution in [0.25, 0.3) is 0 Å². The molecule has 1 aromatic rings. The molecule has 0 spiro atoms. The number of carboxylic acids is 2. The van der Waals surface area contributed by atoms with Gasteiger partial charge in [-0.15, -0.1) is 0 Å². The summed E-state index contributed by atoms with van der Waals surface area (Å²) in [5.41, 5.74) is 7.85. The number of rotatable bonds is 9. The molecular weight excluding hydrogens is 452 g/mol. The average Bonchev–Trinajstić information content (AvgIpc) is 3.12. The van der Waals surface area contributed by atoms with E-state index in [1.165, 1.54) is 12.1 Å². The number of benzene rings is 1. The minimum absolute atomic E-state index is 0. The van der Waals surface area contributed by atoms with E-state index in [-0.39, 0.29) is 83.0 Å². The number of aliphatic carboxylic acids is 2. The van der Waals surface area contributed by atoms with Gasteiger partial charge in [-0.2, -0.15) is 0 Å². The van der Waals surface area contributed by atoms with Crippen molar-refractivity contribution in [1.82, 2.24) is 10.6 Å². The number of carbonyl (C=O) groups is 4. The van der Waals surface area contributed by atoms with Crippen molar-refractivity contribution in [2.45, 2.75) is 37.9 Å². The monoisotopic (exact) mass is 471 g/mol. The van der Waals surface area contributed by atoms with Gasteiger partial charge in [0.2, 0.25) is 0 Å². The predicted octanol–water partition coefficient (Wildman–Crippen LogP) is -8.84. The van der Waals surface area contributed by atoms with Gasteiger partial charge < -0.3 is 30.9 Å². The number of fused-ring (bicyclic) bond motifs is 1. The summed E-state index contributed by atoms with van der Waals surface area (Å²) < 4.78 is 0. The van der Waals surface area contributed by atoms with Crippen molar-refractivity contribution in [3.05, 3.63) is 46.5 Å². The Morgan fingerprint density at radius 2 is 1.79 bits per heavy atom. The van der Waals surface area contributed by atoms with Crippen LogP contribution in [-0.2, 0) is 20.8 Å². The molecule has 4 N–H and O–H groups in total. The first-order valence-corrected chi connectivity index (χ1v) is 9.46. The van der Waals surface area contributed by atoms with Gasteiger partial charge >= 0.3 is 59.1 Å². The summed E-state index contributed by atoms with van der Waals surface area (Å²) in [6.45, 7) is 0. The molecule has 0 saturated heterocycles. The molecule has 0 bridgehead atoms. The van der Waals surface area contributed by atoms with Crippen molar-refractivity contribution >= 4 is 35.9 Å². The Balaban J connectivity index is 0.00000272. The van der Waals surface area contributed by atoms with Crippen molar-refractivity contribution in [3.8, 4) is 0 Å². The minimum atomic E-state index is -1.57. The fourth-order valence-corrected chi connectivity index (χ4v) is 3.23. The van der Waals surface area contributed by atoms with Gasteiger partial charge in [-0.3, -0.25) is 19.9 Å². The molecule has 2 aliphatic heterocycles. The second-order valence-electron chi connectivity index (χ2n) is 7.01. The van der Waals surface area contributed by atoms with E-state index >= 15 is 0 Å². The number of amides is 2. The summed E-state index contributed by atoms with van der Waals surface area (Å²) in [6, 6.07) is 5.02. The fraction of sp³-hybridized carbons (Fsp3) is 0.300. The van der Waals surface area contributed by atoms with Gasteiger partial charge in [0.15, 0.2) is 12.1 Å². The minimum Gasteiger partial charge on any atom is -0.550 e. The zero-order valence-corrected chi connectivity index (χ0v) is 22.3. The number of nitrogens with one attached hydrogen (secondary N) is 2. The maximum absolute atomic E-state index is 12.2. The number of carbonyl (C=O) groups excluding carboxylic acids is 4. The molecule has 0 fully saturated rings. The third-order valence-corrected chi connectivity index (χ3v) is 4.85. The number of nitrogens with zero attached hydrogens (tertiary/aromatic N) is 2. The number of nitrogens with two attached hydrogens (primary N) is 1. The maximum atomic E-state index is 12.2. The van der Waals surface area contributed by atoms with Crippen LogP contribution < -0.4 is 85.7 Å². The maximum Gasteiger partial charge on any atom is 1.00 e. The van der Waals surface area contributed by atoms with Gasteiger partial charge in [0, 0.05) is 17.7 Å². The number of aryl methyl sites for hydroxylation is 1. The smallest absolute Gasteiger partial charge is 0.550 e. The van der Waals surface area contributed by atoms with Crippen LogP contribution >= 0.6 is 0 Å². The van der Waals surface area contributed by atoms with Gasteiger partial charge in [-0.25, -0.2) is 4.99 Å². The Morgan fingerprint density at radius 1 is 1.12 bits per heavy atom. The van der Waals surface area contributed by atoms with E-state index in [0.29, 0.717) is 18.4 Å². The van der Waals surface area contributed by atoms with Crippen LogP contribution in [-0.4, -0.2) is 48.1 Å². The van der Waals surface area contributed by atoms with E-state index in [0.717, 1.165) is 11.1 Å². The van der Waals surface area contributed by atoms with Crippen molar-refractivity contribution in [3.63, 3.8) is 0 Å². The molecule has 11 nitrogen and oxygen atoms in total. The molecule has 0 aliphatic carbocycles. The largest absolute Gasteiger partial charge is 1.00 e. The second-order valence-corrected chi connectivity index (χ2v) is 7.01. The van der Waals surface area contributed by atoms with Crippen LogP contribution in [0.4, 0.5) is 0 Å². The van der Waals surface area contributed by atoms with E-state index < -0.39 is 36.5 Å². The molecule has 13 heteroatoms. The van der Waals surface area contributed by atoms with Gasteiger partial charge in [0.25, 0.3) is 11.8 Å². The number of hydrogen-bond donors (Lipinski definition) is 3. The molecule has 2 aliphatic rings. The van der Waals surface area contributed by atoms with Crippen LogP contribution in [0.15, 0.2) is 45.4 Å². The molecule has 2 amide bonds. The zero-order chi connectivity index (χ0) is 22.5. The third kappa shape index (κ3) is 7.76. The van der Waals surface area contributed by atoms with E-state index in [9.17, 15) is 29.4 Å². The third-order valence-electron chi connectivity index (χ3n) is 4.85. The SMILES string of the molecule is NC1=NC2N=CC(CCc3ccc(C(=O)N[C@@H](CCC(=O)[O-])C(=O)[O-])cc3)=C2C(=O)N1.[Na+].[Na+].